The largest absolute Gasteiger partial charge is 0.457 e. The van der Waals surface area contributed by atoms with E-state index in [9.17, 15) is 14.4 Å². The molecule has 0 N–H and O–H groups in total. The maximum atomic E-state index is 11.7. The third-order valence-corrected chi connectivity index (χ3v) is 3.41. The first-order chi connectivity index (χ1) is 10.5. The second kappa shape index (κ2) is 5.11. The van der Waals surface area contributed by atoms with E-state index in [1.54, 1.807) is 37.3 Å². The van der Waals surface area contributed by atoms with E-state index < -0.39 is 17.9 Å². The summed E-state index contributed by atoms with van der Waals surface area (Å²) in [7, 11) is 0. The van der Waals surface area contributed by atoms with Gasteiger partial charge in [-0.15, -0.1) is 0 Å². The van der Waals surface area contributed by atoms with Gasteiger partial charge in [-0.25, -0.2) is 14.4 Å². The molecule has 0 atom stereocenters. The zero-order valence-electron chi connectivity index (χ0n) is 11.8. The van der Waals surface area contributed by atoms with Gasteiger partial charge in [0.05, 0.1) is 11.1 Å². The fourth-order valence-electron chi connectivity index (χ4n) is 2.32. The minimum Gasteiger partial charge on any atom is -0.457 e. The lowest BCUT2D eigenvalue weighted by molar-refractivity contribution is -0.140. The van der Waals surface area contributed by atoms with Crippen molar-refractivity contribution < 1.29 is 23.9 Å². The normalized spacial score (nSPS) is 13.0. The molecule has 5 heteroatoms. The van der Waals surface area contributed by atoms with Gasteiger partial charge < -0.3 is 9.47 Å². The van der Waals surface area contributed by atoms with Crippen molar-refractivity contribution in [3.05, 3.63) is 59.2 Å². The molecule has 0 unspecified atom stereocenters. The molecule has 0 saturated heterocycles. The second-order valence-corrected chi connectivity index (χ2v) is 5.08. The Balaban J connectivity index is 1.96. The van der Waals surface area contributed by atoms with Crippen molar-refractivity contribution in [3.63, 3.8) is 0 Å². The maximum Gasteiger partial charge on any atom is 0.347 e. The van der Waals surface area contributed by atoms with Crippen molar-refractivity contribution in [1.82, 2.24) is 0 Å². The summed E-state index contributed by atoms with van der Waals surface area (Å²) < 4.78 is 9.70. The summed E-state index contributed by atoms with van der Waals surface area (Å²) >= 11 is 0. The van der Waals surface area contributed by atoms with E-state index in [4.69, 9.17) is 4.74 Å². The number of carbonyl (C=O) groups is 3. The molecule has 1 heterocycles. The molecule has 0 aromatic heterocycles. The van der Waals surface area contributed by atoms with Crippen molar-refractivity contribution in [3.8, 4) is 0 Å². The zero-order chi connectivity index (χ0) is 15.9. The first-order valence-electron chi connectivity index (χ1n) is 6.62. The molecule has 22 heavy (non-hydrogen) atoms. The first kappa shape index (κ1) is 14.0. The lowest BCUT2D eigenvalue weighted by Gasteiger charge is -2.07. The van der Waals surface area contributed by atoms with E-state index in [2.05, 4.69) is 11.3 Å². The van der Waals surface area contributed by atoms with Crippen LogP contribution in [0.15, 0.2) is 42.5 Å². The Labute approximate surface area is 126 Å². The summed E-state index contributed by atoms with van der Waals surface area (Å²) in [4.78, 5) is 34.7. The highest BCUT2D eigenvalue weighted by Gasteiger charge is 2.31. The Morgan fingerprint density at radius 3 is 2.68 bits per heavy atom. The van der Waals surface area contributed by atoms with Crippen LogP contribution in [0.2, 0.25) is 0 Å². The van der Waals surface area contributed by atoms with Crippen LogP contribution < -0.4 is 0 Å². The van der Waals surface area contributed by atoms with E-state index >= 15 is 0 Å². The summed E-state index contributed by atoms with van der Waals surface area (Å²) in [6.07, 6.45) is 0. The molecule has 0 bridgehead atoms. The van der Waals surface area contributed by atoms with E-state index in [1.807, 2.05) is 0 Å². The molecule has 0 fully saturated rings. The van der Waals surface area contributed by atoms with Crippen LogP contribution in [0.1, 0.15) is 33.2 Å². The summed E-state index contributed by atoms with van der Waals surface area (Å²) in [6, 6.07) is 8.56. The quantitative estimate of drug-likeness (QED) is 0.495. The van der Waals surface area contributed by atoms with Crippen LogP contribution in [0.3, 0.4) is 0 Å². The number of fused-ring (bicyclic) bond motifs is 3. The van der Waals surface area contributed by atoms with Crippen molar-refractivity contribution >= 4 is 28.7 Å². The molecular weight excluding hydrogens is 284 g/mol. The lowest BCUT2D eigenvalue weighted by atomic mass is 9.99. The smallest absolute Gasteiger partial charge is 0.347 e. The van der Waals surface area contributed by atoms with E-state index in [0.29, 0.717) is 11.0 Å². The molecular formula is C17H12O5. The van der Waals surface area contributed by atoms with Gasteiger partial charge in [0.2, 0.25) is 0 Å². The van der Waals surface area contributed by atoms with Crippen LogP contribution in [0.4, 0.5) is 0 Å². The first-order valence-corrected chi connectivity index (χ1v) is 6.62. The molecule has 0 radical (unpaired) electrons. The van der Waals surface area contributed by atoms with Crippen LogP contribution >= 0.6 is 0 Å². The third-order valence-electron chi connectivity index (χ3n) is 3.41. The SMILES string of the molecule is C=C(C)C(=O)OCc1ccc2c3c(ccc2c1)C(=O)OC3=O. The summed E-state index contributed by atoms with van der Waals surface area (Å²) in [5.74, 6) is -1.71. The van der Waals surface area contributed by atoms with Crippen molar-refractivity contribution in [2.24, 2.45) is 0 Å². The van der Waals surface area contributed by atoms with Gasteiger partial charge in [0.1, 0.15) is 6.61 Å². The fraction of sp³-hybridized carbons (Fsp3) is 0.118. The van der Waals surface area contributed by atoms with Gasteiger partial charge in [-0.2, -0.15) is 0 Å². The average Bonchev–Trinajstić information content (AvgIpc) is 2.79. The average molecular weight is 296 g/mol. The highest BCUT2D eigenvalue weighted by Crippen LogP contribution is 2.29. The van der Waals surface area contributed by atoms with Gasteiger partial charge in [0.15, 0.2) is 0 Å². The molecule has 0 aliphatic carbocycles. The van der Waals surface area contributed by atoms with Crippen molar-refractivity contribution in [2.45, 2.75) is 13.5 Å². The molecule has 0 spiro atoms. The van der Waals surface area contributed by atoms with E-state index in [1.165, 1.54) is 0 Å². The number of rotatable bonds is 3. The van der Waals surface area contributed by atoms with Crippen molar-refractivity contribution in [1.29, 1.82) is 0 Å². The number of benzene rings is 2. The van der Waals surface area contributed by atoms with Gasteiger partial charge in [-0.05, 0) is 35.4 Å². The molecule has 5 nitrogen and oxygen atoms in total. The molecule has 3 rings (SSSR count). The number of esters is 3. The second-order valence-electron chi connectivity index (χ2n) is 5.08. The standard InChI is InChI=1S/C17H12O5/c1-9(2)15(18)21-8-10-3-5-12-11(7-10)4-6-13-14(12)17(20)22-16(13)19/h3-7H,1,8H2,2H3. The third kappa shape index (κ3) is 2.26. The number of hydrogen-bond acceptors (Lipinski definition) is 5. The van der Waals surface area contributed by atoms with E-state index in [0.717, 1.165) is 10.9 Å². The van der Waals surface area contributed by atoms with Crippen LogP contribution in [0, 0.1) is 0 Å². The molecule has 2 aromatic carbocycles. The topological polar surface area (TPSA) is 69.7 Å². The summed E-state index contributed by atoms with van der Waals surface area (Å²) in [5.41, 5.74) is 1.67. The minimum absolute atomic E-state index is 0.113. The van der Waals surface area contributed by atoms with Gasteiger partial charge in [-0.1, -0.05) is 24.8 Å². The number of hydrogen-bond donors (Lipinski definition) is 0. The zero-order valence-corrected chi connectivity index (χ0v) is 11.8. The molecule has 2 aromatic rings. The molecule has 1 aliphatic rings. The number of ether oxygens (including phenoxy) is 2. The highest BCUT2D eigenvalue weighted by molar-refractivity contribution is 6.21. The molecule has 0 amide bonds. The Kier molecular flexibility index (Phi) is 3.25. The Hall–Kier alpha value is -2.95. The van der Waals surface area contributed by atoms with Crippen molar-refractivity contribution in [2.75, 3.05) is 0 Å². The van der Waals surface area contributed by atoms with Crippen LogP contribution in [0.5, 0.6) is 0 Å². The lowest BCUT2D eigenvalue weighted by Crippen LogP contribution is -2.04. The minimum atomic E-state index is -0.632. The number of carbonyl (C=O) groups excluding carboxylic acids is 3. The van der Waals surface area contributed by atoms with Gasteiger partial charge in [0.25, 0.3) is 0 Å². The fourth-order valence-corrected chi connectivity index (χ4v) is 2.32. The summed E-state index contributed by atoms with van der Waals surface area (Å²) in [5, 5.41) is 1.41. The maximum absolute atomic E-state index is 11.7. The van der Waals surface area contributed by atoms with Gasteiger partial charge in [0, 0.05) is 5.57 Å². The highest BCUT2D eigenvalue weighted by atomic mass is 16.6. The summed E-state index contributed by atoms with van der Waals surface area (Å²) in [6.45, 7) is 5.21. The van der Waals surface area contributed by atoms with Gasteiger partial charge >= 0.3 is 17.9 Å². The Morgan fingerprint density at radius 2 is 1.95 bits per heavy atom. The van der Waals surface area contributed by atoms with Crippen LogP contribution in [0.25, 0.3) is 10.8 Å². The van der Waals surface area contributed by atoms with Gasteiger partial charge in [-0.3, -0.25) is 0 Å². The Bertz CT molecular complexity index is 847. The number of cyclic esters (lactones) is 2. The monoisotopic (exact) mass is 296 g/mol. The molecule has 1 aliphatic heterocycles. The predicted molar refractivity (Wildman–Crippen MR) is 78.3 cm³/mol. The predicted octanol–water partition coefficient (Wildman–Crippen LogP) is 2.77. The Morgan fingerprint density at radius 1 is 1.18 bits per heavy atom. The van der Waals surface area contributed by atoms with E-state index in [-0.39, 0.29) is 17.7 Å². The molecule has 0 saturated carbocycles. The molecule has 110 valence electrons. The van der Waals surface area contributed by atoms with Crippen LogP contribution in [-0.4, -0.2) is 17.9 Å². The van der Waals surface area contributed by atoms with Crippen LogP contribution in [-0.2, 0) is 20.9 Å².